The Morgan fingerprint density at radius 1 is 0.950 bits per heavy atom. The predicted octanol–water partition coefficient (Wildman–Crippen LogP) is 6.29. The van der Waals surface area contributed by atoms with Crippen molar-refractivity contribution in [3.05, 3.63) is 41.4 Å². The van der Waals surface area contributed by atoms with Crippen molar-refractivity contribution >= 4 is 75.1 Å². The second-order valence-electron chi connectivity index (χ2n) is 4.15. The van der Waals surface area contributed by atoms with Gasteiger partial charge in [-0.15, -0.1) is 11.3 Å². The van der Waals surface area contributed by atoms with E-state index in [0.29, 0.717) is 13.2 Å². The zero-order valence-electron chi connectivity index (χ0n) is 9.96. The summed E-state index contributed by atoms with van der Waals surface area (Å²) in [7, 11) is 0. The normalized spacial score (nSPS) is 15.2. The standard InChI is InChI=1S/C13H8Br4O2S/c14-7-4-10-9(18-1-2-19-10)3-6(7)12(16)11-5-8(15)13(17)20-11/h3-5,12H,1-2H2. The summed E-state index contributed by atoms with van der Waals surface area (Å²) in [5, 5.41) is 0. The molecule has 0 saturated carbocycles. The minimum Gasteiger partial charge on any atom is -0.486 e. The highest BCUT2D eigenvalue weighted by atomic mass is 79.9. The molecule has 1 aromatic carbocycles. The van der Waals surface area contributed by atoms with Crippen molar-refractivity contribution in [3.8, 4) is 11.5 Å². The van der Waals surface area contributed by atoms with E-state index >= 15 is 0 Å². The van der Waals surface area contributed by atoms with Crippen LogP contribution < -0.4 is 9.47 Å². The molecule has 2 nitrogen and oxygen atoms in total. The Bertz CT molecular complexity index is 637. The highest BCUT2D eigenvalue weighted by molar-refractivity contribution is 9.13. The Labute approximate surface area is 154 Å². The molecule has 0 aliphatic carbocycles. The maximum absolute atomic E-state index is 5.65. The molecule has 0 saturated heterocycles. The van der Waals surface area contributed by atoms with E-state index in [2.05, 4.69) is 69.8 Å². The number of fused-ring (bicyclic) bond motifs is 1. The molecule has 20 heavy (non-hydrogen) atoms. The van der Waals surface area contributed by atoms with Crippen molar-refractivity contribution < 1.29 is 9.47 Å². The molecule has 0 amide bonds. The lowest BCUT2D eigenvalue weighted by Crippen LogP contribution is -2.15. The maximum Gasteiger partial charge on any atom is 0.162 e. The maximum atomic E-state index is 5.65. The molecule has 106 valence electrons. The largest absolute Gasteiger partial charge is 0.486 e. The molecule has 1 aliphatic heterocycles. The SMILES string of the molecule is Brc1cc2c(cc1C(Br)c1cc(Br)c(Br)s1)OCCO2. The van der Waals surface area contributed by atoms with E-state index in [9.17, 15) is 0 Å². The first-order valence-electron chi connectivity index (χ1n) is 5.74. The Balaban J connectivity index is 2.00. The van der Waals surface area contributed by atoms with E-state index in [1.165, 1.54) is 4.88 Å². The van der Waals surface area contributed by atoms with Crippen LogP contribution in [0.25, 0.3) is 0 Å². The van der Waals surface area contributed by atoms with Gasteiger partial charge in [-0.1, -0.05) is 31.9 Å². The summed E-state index contributed by atoms with van der Waals surface area (Å²) in [5.41, 5.74) is 1.12. The summed E-state index contributed by atoms with van der Waals surface area (Å²) >= 11 is 16.1. The van der Waals surface area contributed by atoms with Gasteiger partial charge in [-0.2, -0.15) is 0 Å². The van der Waals surface area contributed by atoms with E-state index in [1.807, 2.05) is 12.1 Å². The van der Waals surface area contributed by atoms with E-state index in [1.54, 1.807) is 11.3 Å². The summed E-state index contributed by atoms with van der Waals surface area (Å²) in [4.78, 5) is 1.31. The fraction of sp³-hybridized carbons (Fsp3) is 0.231. The van der Waals surface area contributed by atoms with Crippen molar-refractivity contribution in [3.63, 3.8) is 0 Å². The third kappa shape index (κ3) is 2.97. The molecule has 0 N–H and O–H groups in total. The van der Waals surface area contributed by atoms with Gasteiger partial charge in [0.1, 0.15) is 13.2 Å². The van der Waals surface area contributed by atoms with E-state index in [4.69, 9.17) is 9.47 Å². The van der Waals surface area contributed by atoms with E-state index in [0.717, 1.165) is 29.8 Å². The van der Waals surface area contributed by atoms with Gasteiger partial charge in [0.15, 0.2) is 11.5 Å². The van der Waals surface area contributed by atoms with Crippen LogP contribution >= 0.6 is 75.1 Å². The number of rotatable bonds is 2. The molecular weight excluding hydrogens is 540 g/mol. The van der Waals surface area contributed by atoms with Gasteiger partial charge in [0.05, 0.1) is 8.61 Å². The van der Waals surface area contributed by atoms with Crippen molar-refractivity contribution in [1.29, 1.82) is 0 Å². The first-order chi connectivity index (χ1) is 9.56. The molecule has 1 aromatic heterocycles. The van der Waals surface area contributed by atoms with Crippen molar-refractivity contribution in [1.82, 2.24) is 0 Å². The quantitative estimate of drug-likeness (QED) is 0.411. The number of thiophene rings is 1. The number of ether oxygens (including phenoxy) is 2. The topological polar surface area (TPSA) is 18.5 Å². The van der Waals surface area contributed by atoms with E-state index < -0.39 is 0 Å². The molecular formula is C13H8Br4O2S. The molecule has 0 radical (unpaired) electrons. The Morgan fingerprint density at radius 2 is 1.60 bits per heavy atom. The molecule has 7 heteroatoms. The van der Waals surface area contributed by atoms with Crippen LogP contribution in [0.3, 0.4) is 0 Å². The number of alkyl halides is 1. The van der Waals surface area contributed by atoms with Crippen molar-refractivity contribution in [2.24, 2.45) is 0 Å². The molecule has 1 atom stereocenters. The van der Waals surface area contributed by atoms with Gasteiger partial charge >= 0.3 is 0 Å². The van der Waals surface area contributed by atoms with E-state index in [-0.39, 0.29) is 4.83 Å². The molecule has 0 bridgehead atoms. The highest BCUT2D eigenvalue weighted by Crippen LogP contribution is 2.46. The lowest BCUT2D eigenvalue weighted by atomic mass is 10.1. The third-order valence-electron chi connectivity index (χ3n) is 2.85. The molecule has 1 unspecified atom stereocenters. The summed E-state index contributed by atoms with van der Waals surface area (Å²) in [6.45, 7) is 1.19. The van der Waals surface area contributed by atoms with Crippen LogP contribution in [-0.4, -0.2) is 13.2 Å². The van der Waals surface area contributed by atoms with Crippen LogP contribution in [0, 0.1) is 0 Å². The minimum absolute atomic E-state index is 0.0975. The summed E-state index contributed by atoms with van der Waals surface area (Å²) < 4.78 is 14.4. The predicted molar refractivity (Wildman–Crippen MR) is 95.6 cm³/mol. The minimum atomic E-state index is 0.0975. The smallest absolute Gasteiger partial charge is 0.162 e. The third-order valence-corrected chi connectivity index (χ3v) is 8.15. The number of halogens is 4. The monoisotopic (exact) mass is 544 g/mol. The fourth-order valence-corrected chi connectivity index (χ4v) is 5.65. The van der Waals surface area contributed by atoms with Gasteiger partial charge in [0.2, 0.25) is 0 Å². The van der Waals surface area contributed by atoms with Crippen LogP contribution in [0.1, 0.15) is 15.3 Å². The zero-order chi connectivity index (χ0) is 14.3. The zero-order valence-corrected chi connectivity index (χ0v) is 17.1. The molecule has 1 aliphatic rings. The summed E-state index contributed by atoms with van der Waals surface area (Å²) in [6, 6.07) is 6.10. The molecule has 3 rings (SSSR count). The molecule has 0 fully saturated rings. The fourth-order valence-electron chi connectivity index (χ4n) is 1.92. The summed E-state index contributed by atoms with van der Waals surface area (Å²) in [5.74, 6) is 1.59. The number of hydrogen-bond donors (Lipinski definition) is 0. The van der Waals surface area contributed by atoms with Gasteiger partial charge in [-0.3, -0.25) is 0 Å². The first kappa shape index (κ1) is 15.3. The van der Waals surface area contributed by atoms with Gasteiger partial charge in [-0.25, -0.2) is 0 Å². The van der Waals surface area contributed by atoms with Crippen LogP contribution in [0.4, 0.5) is 0 Å². The number of hydrogen-bond acceptors (Lipinski definition) is 3. The number of benzene rings is 1. The van der Waals surface area contributed by atoms with Crippen LogP contribution in [-0.2, 0) is 0 Å². The van der Waals surface area contributed by atoms with Crippen LogP contribution in [0.2, 0.25) is 0 Å². The second-order valence-corrected chi connectivity index (χ2v) is 9.18. The average Bonchev–Trinajstić information content (AvgIpc) is 2.77. The van der Waals surface area contributed by atoms with Gasteiger partial charge < -0.3 is 9.47 Å². The Morgan fingerprint density at radius 3 is 2.20 bits per heavy atom. The van der Waals surface area contributed by atoms with Gasteiger partial charge in [0, 0.05) is 13.8 Å². The van der Waals surface area contributed by atoms with Gasteiger partial charge in [0.25, 0.3) is 0 Å². The Kier molecular flexibility index (Phi) is 4.82. The second kappa shape index (κ2) is 6.28. The lowest BCUT2D eigenvalue weighted by molar-refractivity contribution is 0.171. The molecule has 2 heterocycles. The van der Waals surface area contributed by atoms with Crippen molar-refractivity contribution in [2.75, 3.05) is 13.2 Å². The Hall–Kier alpha value is 0.440. The lowest BCUT2D eigenvalue weighted by Gasteiger charge is -2.21. The van der Waals surface area contributed by atoms with Crippen molar-refractivity contribution in [2.45, 2.75) is 4.83 Å². The highest BCUT2D eigenvalue weighted by Gasteiger charge is 2.21. The first-order valence-corrected chi connectivity index (χ1v) is 9.85. The molecule has 0 spiro atoms. The average molecular weight is 548 g/mol. The van der Waals surface area contributed by atoms with Gasteiger partial charge in [-0.05, 0) is 55.6 Å². The van der Waals surface area contributed by atoms with Crippen LogP contribution in [0.5, 0.6) is 11.5 Å². The summed E-state index contributed by atoms with van der Waals surface area (Å²) in [6.07, 6.45) is 0. The molecule has 2 aromatic rings. The van der Waals surface area contributed by atoms with Crippen LogP contribution in [0.15, 0.2) is 30.9 Å².